The third-order valence-corrected chi connectivity index (χ3v) is 6.68. The van der Waals surface area contributed by atoms with Crippen LogP contribution in [0, 0.1) is 0 Å². The average molecular weight is 423 g/mol. The average Bonchev–Trinajstić information content (AvgIpc) is 2.65. The van der Waals surface area contributed by atoms with E-state index in [9.17, 15) is 16.8 Å². The summed E-state index contributed by atoms with van der Waals surface area (Å²) < 4.78 is 54.6. The summed E-state index contributed by atoms with van der Waals surface area (Å²) in [6.45, 7) is 0. The van der Waals surface area contributed by atoms with Crippen molar-refractivity contribution in [3.63, 3.8) is 0 Å². The van der Waals surface area contributed by atoms with Crippen LogP contribution in [0.2, 0.25) is 5.02 Å². The van der Waals surface area contributed by atoms with E-state index in [1.165, 1.54) is 42.5 Å². The maximum Gasteiger partial charge on any atom is 0.261 e. The van der Waals surface area contributed by atoms with E-state index >= 15 is 0 Å². The summed E-state index contributed by atoms with van der Waals surface area (Å²) in [6.07, 6.45) is 0. The molecule has 9 heteroatoms. The molecule has 6 nitrogen and oxygen atoms in total. The van der Waals surface area contributed by atoms with Crippen molar-refractivity contribution >= 4 is 43.0 Å². The minimum absolute atomic E-state index is 0.0637. The summed E-state index contributed by atoms with van der Waals surface area (Å²) in [5.74, 6) is 0. The van der Waals surface area contributed by atoms with Gasteiger partial charge in [0.05, 0.1) is 26.2 Å². The lowest BCUT2D eigenvalue weighted by molar-refractivity contribution is 0.599. The SMILES string of the molecule is O=S(=O)(Nc1ccc(Cl)c(NS(=O)(=O)c2ccccc2)c1)c1ccccc1. The fourth-order valence-electron chi connectivity index (χ4n) is 2.28. The van der Waals surface area contributed by atoms with Crippen LogP contribution in [0.25, 0.3) is 0 Å². The van der Waals surface area contributed by atoms with Crippen LogP contribution in [-0.4, -0.2) is 16.8 Å². The van der Waals surface area contributed by atoms with E-state index in [2.05, 4.69) is 9.44 Å². The molecule has 0 radical (unpaired) electrons. The van der Waals surface area contributed by atoms with Crippen LogP contribution in [-0.2, 0) is 20.0 Å². The zero-order valence-electron chi connectivity index (χ0n) is 13.8. The van der Waals surface area contributed by atoms with Crippen LogP contribution in [0.3, 0.4) is 0 Å². The quantitative estimate of drug-likeness (QED) is 0.629. The molecule has 0 aromatic heterocycles. The van der Waals surface area contributed by atoms with E-state index in [4.69, 9.17) is 11.6 Å². The van der Waals surface area contributed by atoms with E-state index < -0.39 is 20.0 Å². The fraction of sp³-hybridized carbons (Fsp3) is 0. The molecule has 0 saturated heterocycles. The van der Waals surface area contributed by atoms with Crippen LogP contribution in [0.1, 0.15) is 0 Å². The Kier molecular flexibility index (Phi) is 5.41. The standard InChI is InChI=1S/C18H15ClN2O4S2/c19-17-12-11-14(20-26(22,23)15-7-3-1-4-8-15)13-18(17)21-27(24,25)16-9-5-2-6-10-16/h1-13,20-21H. The van der Waals surface area contributed by atoms with Gasteiger partial charge in [0.2, 0.25) is 0 Å². The Balaban J connectivity index is 1.89. The molecule has 0 amide bonds. The Hall–Kier alpha value is -2.55. The molecule has 0 aliphatic rings. The predicted molar refractivity (Wildman–Crippen MR) is 106 cm³/mol. The first-order valence-corrected chi connectivity index (χ1v) is 11.1. The zero-order valence-corrected chi connectivity index (χ0v) is 16.2. The molecule has 0 heterocycles. The van der Waals surface area contributed by atoms with Crippen molar-refractivity contribution in [1.29, 1.82) is 0 Å². The number of hydrogen-bond acceptors (Lipinski definition) is 4. The normalized spacial score (nSPS) is 11.7. The van der Waals surface area contributed by atoms with Gasteiger partial charge in [0.15, 0.2) is 0 Å². The number of anilines is 2. The summed E-state index contributed by atoms with van der Waals surface area (Å²) in [6, 6.07) is 19.8. The van der Waals surface area contributed by atoms with Crippen LogP contribution >= 0.6 is 11.6 Å². The van der Waals surface area contributed by atoms with Gasteiger partial charge >= 0.3 is 0 Å². The number of nitrogens with one attached hydrogen (secondary N) is 2. The van der Waals surface area contributed by atoms with E-state index in [1.54, 1.807) is 36.4 Å². The molecule has 0 unspecified atom stereocenters. The van der Waals surface area contributed by atoms with Gasteiger partial charge in [0.25, 0.3) is 20.0 Å². The first-order chi connectivity index (χ1) is 12.8. The van der Waals surface area contributed by atoms with Crippen molar-refractivity contribution in [3.05, 3.63) is 83.9 Å². The highest BCUT2D eigenvalue weighted by molar-refractivity contribution is 7.93. The van der Waals surface area contributed by atoms with Gasteiger partial charge in [-0.25, -0.2) is 16.8 Å². The fourth-order valence-corrected chi connectivity index (χ4v) is 4.67. The lowest BCUT2D eigenvalue weighted by Gasteiger charge is -2.13. The molecule has 0 saturated carbocycles. The van der Waals surface area contributed by atoms with Crippen LogP contribution in [0.5, 0.6) is 0 Å². The summed E-state index contributed by atoms with van der Waals surface area (Å²) in [5, 5.41) is 0.136. The molecule has 0 aliphatic heterocycles. The van der Waals surface area contributed by atoms with Gasteiger partial charge in [-0.15, -0.1) is 0 Å². The Morgan fingerprint density at radius 2 is 1.11 bits per heavy atom. The lowest BCUT2D eigenvalue weighted by atomic mass is 10.3. The predicted octanol–water partition coefficient (Wildman–Crippen LogP) is 3.94. The monoisotopic (exact) mass is 422 g/mol. The van der Waals surface area contributed by atoms with Gasteiger partial charge in [0, 0.05) is 0 Å². The topological polar surface area (TPSA) is 92.3 Å². The molecular formula is C18H15ClN2O4S2. The van der Waals surface area contributed by atoms with Crippen molar-refractivity contribution in [2.75, 3.05) is 9.44 Å². The zero-order chi connectivity index (χ0) is 19.5. The second-order valence-electron chi connectivity index (χ2n) is 5.53. The minimum Gasteiger partial charge on any atom is -0.280 e. The second kappa shape index (κ2) is 7.59. The molecule has 27 heavy (non-hydrogen) atoms. The van der Waals surface area contributed by atoms with Gasteiger partial charge < -0.3 is 0 Å². The van der Waals surface area contributed by atoms with Gasteiger partial charge in [-0.3, -0.25) is 9.44 Å². The summed E-state index contributed by atoms with van der Waals surface area (Å²) in [4.78, 5) is 0.155. The van der Waals surface area contributed by atoms with Crippen LogP contribution in [0.15, 0.2) is 88.7 Å². The third-order valence-electron chi connectivity index (χ3n) is 3.57. The molecule has 0 aliphatic carbocycles. The maximum atomic E-state index is 12.5. The molecule has 3 aromatic carbocycles. The van der Waals surface area contributed by atoms with E-state index in [0.29, 0.717) is 0 Å². The number of rotatable bonds is 6. The molecule has 2 N–H and O–H groups in total. The van der Waals surface area contributed by atoms with E-state index in [0.717, 1.165) is 0 Å². The van der Waals surface area contributed by atoms with Gasteiger partial charge in [-0.2, -0.15) is 0 Å². The number of benzene rings is 3. The maximum absolute atomic E-state index is 12.5. The summed E-state index contributed by atoms with van der Waals surface area (Å²) in [7, 11) is -7.67. The molecule has 3 rings (SSSR count). The highest BCUT2D eigenvalue weighted by Gasteiger charge is 2.18. The van der Waals surface area contributed by atoms with Crippen molar-refractivity contribution < 1.29 is 16.8 Å². The molecule has 0 fully saturated rings. The minimum atomic E-state index is -3.86. The van der Waals surface area contributed by atoms with Crippen molar-refractivity contribution in [2.24, 2.45) is 0 Å². The molecule has 140 valence electrons. The van der Waals surface area contributed by atoms with Gasteiger partial charge in [-0.05, 0) is 42.5 Å². The van der Waals surface area contributed by atoms with Crippen molar-refractivity contribution in [3.8, 4) is 0 Å². The summed E-state index contributed by atoms with van der Waals surface area (Å²) in [5.41, 5.74) is 0.239. The van der Waals surface area contributed by atoms with E-state index in [-0.39, 0.29) is 26.2 Å². The van der Waals surface area contributed by atoms with Crippen molar-refractivity contribution in [1.82, 2.24) is 0 Å². The third kappa shape index (κ3) is 4.60. The Morgan fingerprint density at radius 3 is 1.63 bits per heavy atom. The van der Waals surface area contributed by atoms with Crippen LogP contribution in [0.4, 0.5) is 11.4 Å². The van der Waals surface area contributed by atoms with E-state index in [1.807, 2.05) is 0 Å². The lowest BCUT2D eigenvalue weighted by Crippen LogP contribution is -2.15. The first-order valence-electron chi connectivity index (χ1n) is 7.73. The first kappa shape index (κ1) is 19.2. The molecule has 0 atom stereocenters. The molecule has 3 aromatic rings. The molecule has 0 bridgehead atoms. The van der Waals surface area contributed by atoms with Crippen molar-refractivity contribution in [2.45, 2.75) is 9.79 Å². The number of sulfonamides is 2. The largest absolute Gasteiger partial charge is 0.280 e. The summed E-state index contributed by atoms with van der Waals surface area (Å²) >= 11 is 6.07. The van der Waals surface area contributed by atoms with Gasteiger partial charge in [-0.1, -0.05) is 48.0 Å². The number of hydrogen-bond donors (Lipinski definition) is 2. The highest BCUT2D eigenvalue weighted by Crippen LogP contribution is 2.29. The Bertz CT molecular complexity index is 1150. The Labute approximate surface area is 162 Å². The number of halogens is 1. The smallest absolute Gasteiger partial charge is 0.261 e. The van der Waals surface area contributed by atoms with Crippen LogP contribution < -0.4 is 9.44 Å². The second-order valence-corrected chi connectivity index (χ2v) is 9.30. The Morgan fingerprint density at radius 1 is 0.630 bits per heavy atom. The molecule has 0 spiro atoms. The van der Waals surface area contributed by atoms with Gasteiger partial charge in [0.1, 0.15) is 0 Å². The highest BCUT2D eigenvalue weighted by atomic mass is 35.5. The molecular weight excluding hydrogens is 408 g/mol.